The van der Waals surface area contributed by atoms with Crippen LogP contribution >= 0.6 is 23.2 Å². The molecule has 0 spiro atoms. The molecule has 1 heterocycles. The highest BCUT2D eigenvalue weighted by Crippen LogP contribution is 2.37. The van der Waals surface area contributed by atoms with Crippen molar-refractivity contribution >= 4 is 28.9 Å². The van der Waals surface area contributed by atoms with Crippen molar-refractivity contribution in [2.45, 2.75) is 12.2 Å². The van der Waals surface area contributed by atoms with E-state index in [1.807, 2.05) is 13.1 Å². The van der Waals surface area contributed by atoms with Gasteiger partial charge in [0.2, 0.25) is 0 Å². The maximum Gasteiger partial charge on any atom is 0.416 e. The molecule has 1 aliphatic heterocycles. The van der Waals surface area contributed by atoms with Gasteiger partial charge in [-0.2, -0.15) is 13.2 Å². The lowest BCUT2D eigenvalue weighted by Gasteiger charge is -2.42. The SMILES string of the molecule is CN1CCN(c2ccc(Cl)cc2Cl)C(c2ccc(C(F)(F)F)cc2)C1. The lowest BCUT2D eigenvalue weighted by atomic mass is 10.00. The Morgan fingerprint density at radius 3 is 2.28 bits per heavy atom. The molecule has 2 nitrogen and oxygen atoms in total. The summed E-state index contributed by atoms with van der Waals surface area (Å²) >= 11 is 12.3. The molecule has 2 aromatic rings. The van der Waals surface area contributed by atoms with Gasteiger partial charge in [-0.05, 0) is 42.9 Å². The smallest absolute Gasteiger partial charge is 0.361 e. The zero-order valence-corrected chi connectivity index (χ0v) is 15.0. The van der Waals surface area contributed by atoms with Crippen molar-refractivity contribution in [3.05, 3.63) is 63.6 Å². The van der Waals surface area contributed by atoms with Gasteiger partial charge in [-0.3, -0.25) is 0 Å². The Bertz CT molecular complexity index is 747. The molecule has 1 saturated heterocycles. The summed E-state index contributed by atoms with van der Waals surface area (Å²) in [6.07, 6.45) is -4.33. The molecule has 0 aliphatic carbocycles. The van der Waals surface area contributed by atoms with Gasteiger partial charge in [0.15, 0.2) is 0 Å². The summed E-state index contributed by atoms with van der Waals surface area (Å²) in [5, 5.41) is 1.09. The third-order valence-corrected chi connectivity index (χ3v) is 4.96. The van der Waals surface area contributed by atoms with E-state index in [0.717, 1.165) is 36.5 Å². The van der Waals surface area contributed by atoms with E-state index >= 15 is 0 Å². The van der Waals surface area contributed by atoms with Crippen molar-refractivity contribution in [3.8, 4) is 0 Å². The van der Waals surface area contributed by atoms with Crippen molar-refractivity contribution in [2.75, 3.05) is 31.6 Å². The van der Waals surface area contributed by atoms with E-state index in [2.05, 4.69) is 9.80 Å². The fourth-order valence-corrected chi connectivity index (χ4v) is 3.62. The number of hydrogen-bond acceptors (Lipinski definition) is 2. The Balaban J connectivity index is 1.95. The molecule has 1 atom stereocenters. The average molecular weight is 389 g/mol. The molecule has 0 N–H and O–H groups in total. The number of anilines is 1. The van der Waals surface area contributed by atoms with Crippen molar-refractivity contribution in [3.63, 3.8) is 0 Å². The summed E-state index contributed by atoms with van der Waals surface area (Å²) in [5.41, 5.74) is 1.02. The van der Waals surface area contributed by atoms with E-state index in [-0.39, 0.29) is 6.04 Å². The van der Waals surface area contributed by atoms with Gasteiger partial charge in [0.05, 0.1) is 22.3 Å². The Morgan fingerprint density at radius 2 is 1.68 bits per heavy atom. The zero-order chi connectivity index (χ0) is 18.2. The molecule has 0 radical (unpaired) electrons. The molecule has 0 saturated carbocycles. The fourth-order valence-electron chi connectivity index (χ4n) is 3.10. The lowest BCUT2D eigenvalue weighted by molar-refractivity contribution is -0.137. The first-order valence-corrected chi connectivity index (χ1v) is 8.58. The van der Waals surface area contributed by atoms with E-state index in [1.54, 1.807) is 24.3 Å². The summed E-state index contributed by atoms with van der Waals surface area (Å²) in [6, 6.07) is 10.6. The number of benzene rings is 2. The van der Waals surface area contributed by atoms with E-state index in [1.165, 1.54) is 0 Å². The van der Waals surface area contributed by atoms with Crippen LogP contribution in [0.5, 0.6) is 0 Å². The molecule has 0 bridgehead atoms. The molecule has 1 unspecified atom stereocenters. The number of halogens is 5. The predicted molar refractivity (Wildman–Crippen MR) is 95.5 cm³/mol. The van der Waals surface area contributed by atoms with E-state index < -0.39 is 11.7 Å². The maximum absolute atomic E-state index is 12.8. The Labute approximate surface area is 154 Å². The number of hydrogen-bond donors (Lipinski definition) is 0. The summed E-state index contributed by atoms with van der Waals surface area (Å²) in [5.74, 6) is 0. The third kappa shape index (κ3) is 4.05. The Kier molecular flexibility index (Phi) is 5.19. The number of rotatable bonds is 2. The summed E-state index contributed by atoms with van der Waals surface area (Å²) < 4.78 is 38.4. The quantitative estimate of drug-likeness (QED) is 0.669. The second-order valence-corrected chi connectivity index (χ2v) is 7.03. The van der Waals surface area contributed by atoms with Crippen LogP contribution in [-0.2, 0) is 6.18 Å². The first kappa shape index (κ1) is 18.4. The van der Waals surface area contributed by atoms with Crippen LogP contribution in [0.4, 0.5) is 18.9 Å². The molecule has 1 fully saturated rings. The van der Waals surface area contributed by atoms with Crippen molar-refractivity contribution < 1.29 is 13.2 Å². The van der Waals surface area contributed by atoms with Gasteiger partial charge in [0, 0.05) is 24.7 Å². The number of nitrogens with zero attached hydrogens (tertiary/aromatic N) is 2. The van der Waals surface area contributed by atoms with Crippen LogP contribution in [0.15, 0.2) is 42.5 Å². The molecular formula is C18H17Cl2F3N2. The number of likely N-dealkylation sites (N-methyl/N-ethyl adjacent to an activating group) is 1. The van der Waals surface area contributed by atoms with E-state index in [0.29, 0.717) is 16.6 Å². The largest absolute Gasteiger partial charge is 0.416 e. The van der Waals surface area contributed by atoms with Crippen LogP contribution in [-0.4, -0.2) is 31.6 Å². The van der Waals surface area contributed by atoms with Crippen LogP contribution < -0.4 is 4.90 Å². The Hall–Kier alpha value is -1.43. The Morgan fingerprint density at radius 1 is 1.00 bits per heavy atom. The molecule has 0 aromatic heterocycles. The molecular weight excluding hydrogens is 372 g/mol. The summed E-state index contributed by atoms with van der Waals surface area (Å²) in [7, 11) is 2.00. The third-order valence-electron chi connectivity index (χ3n) is 4.43. The minimum absolute atomic E-state index is 0.0836. The molecule has 7 heteroatoms. The standard InChI is InChI=1S/C18H17Cl2F3N2/c1-24-8-9-25(16-7-6-14(19)10-15(16)20)17(11-24)12-2-4-13(5-3-12)18(21,22)23/h2-7,10,17H,8-9,11H2,1H3. The summed E-state index contributed by atoms with van der Waals surface area (Å²) in [6.45, 7) is 2.27. The van der Waals surface area contributed by atoms with Gasteiger partial charge >= 0.3 is 6.18 Å². The minimum Gasteiger partial charge on any atom is -0.361 e. The van der Waals surface area contributed by atoms with Gasteiger partial charge in [-0.15, -0.1) is 0 Å². The minimum atomic E-state index is -4.33. The van der Waals surface area contributed by atoms with Gasteiger partial charge in [-0.1, -0.05) is 35.3 Å². The van der Waals surface area contributed by atoms with Crippen LogP contribution in [0.25, 0.3) is 0 Å². The van der Waals surface area contributed by atoms with Gasteiger partial charge < -0.3 is 9.80 Å². The topological polar surface area (TPSA) is 6.48 Å². The second kappa shape index (κ2) is 7.06. The van der Waals surface area contributed by atoms with Crippen molar-refractivity contribution in [1.29, 1.82) is 0 Å². The molecule has 2 aromatic carbocycles. The van der Waals surface area contributed by atoms with Crippen LogP contribution in [0.3, 0.4) is 0 Å². The molecule has 3 rings (SSSR count). The van der Waals surface area contributed by atoms with Gasteiger partial charge in [0.1, 0.15) is 0 Å². The van der Waals surface area contributed by atoms with E-state index in [9.17, 15) is 13.2 Å². The second-order valence-electron chi connectivity index (χ2n) is 6.19. The lowest BCUT2D eigenvalue weighted by Crippen LogP contribution is -2.47. The zero-order valence-electron chi connectivity index (χ0n) is 13.5. The van der Waals surface area contributed by atoms with Crippen LogP contribution in [0, 0.1) is 0 Å². The molecule has 0 amide bonds. The van der Waals surface area contributed by atoms with Gasteiger partial charge in [-0.25, -0.2) is 0 Å². The predicted octanol–water partition coefficient (Wildman–Crippen LogP) is 5.51. The van der Waals surface area contributed by atoms with Crippen LogP contribution in [0.1, 0.15) is 17.2 Å². The first-order chi connectivity index (χ1) is 11.8. The highest BCUT2D eigenvalue weighted by Gasteiger charge is 2.32. The van der Waals surface area contributed by atoms with Crippen molar-refractivity contribution in [1.82, 2.24) is 4.90 Å². The highest BCUT2D eigenvalue weighted by atomic mass is 35.5. The molecule has 1 aliphatic rings. The average Bonchev–Trinajstić information content (AvgIpc) is 2.55. The number of alkyl halides is 3. The van der Waals surface area contributed by atoms with Crippen LogP contribution in [0.2, 0.25) is 10.0 Å². The fraction of sp³-hybridized carbons (Fsp3) is 0.333. The monoisotopic (exact) mass is 388 g/mol. The number of piperazine rings is 1. The maximum atomic E-state index is 12.8. The van der Waals surface area contributed by atoms with E-state index in [4.69, 9.17) is 23.2 Å². The molecule has 134 valence electrons. The normalized spacial score (nSPS) is 19.3. The summed E-state index contributed by atoms with van der Waals surface area (Å²) in [4.78, 5) is 4.28. The van der Waals surface area contributed by atoms with Gasteiger partial charge in [0.25, 0.3) is 0 Å². The molecule has 25 heavy (non-hydrogen) atoms. The van der Waals surface area contributed by atoms with Crippen molar-refractivity contribution in [2.24, 2.45) is 0 Å². The highest BCUT2D eigenvalue weighted by molar-refractivity contribution is 6.36. The first-order valence-electron chi connectivity index (χ1n) is 7.83.